The van der Waals surface area contributed by atoms with Crippen LogP contribution in [0.5, 0.6) is 11.5 Å². The van der Waals surface area contributed by atoms with Crippen LogP contribution in [-0.4, -0.2) is 38.3 Å². The zero-order valence-electron chi connectivity index (χ0n) is 11.5. The molecular formula is C14H21N3O2. The molecule has 0 saturated heterocycles. The van der Waals surface area contributed by atoms with Gasteiger partial charge in [-0.25, -0.2) is 4.99 Å². The van der Waals surface area contributed by atoms with Gasteiger partial charge in [0.25, 0.3) is 0 Å². The van der Waals surface area contributed by atoms with Crippen molar-refractivity contribution in [3.63, 3.8) is 0 Å². The van der Waals surface area contributed by atoms with E-state index in [4.69, 9.17) is 9.47 Å². The topological polar surface area (TPSA) is 54.9 Å². The second-order valence-corrected chi connectivity index (χ2v) is 4.25. The number of hydrogen-bond donors (Lipinski definition) is 2. The van der Waals surface area contributed by atoms with Gasteiger partial charge in [-0.3, -0.25) is 0 Å². The predicted molar refractivity (Wildman–Crippen MR) is 76.0 cm³/mol. The summed E-state index contributed by atoms with van der Waals surface area (Å²) in [4.78, 5) is 4.49. The van der Waals surface area contributed by atoms with Crippen molar-refractivity contribution in [2.24, 2.45) is 4.99 Å². The van der Waals surface area contributed by atoms with Crippen LogP contribution >= 0.6 is 0 Å². The first-order chi connectivity index (χ1) is 9.33. The molecule has 104 valence electrons. The zero-order chi connectivity index (χ0) is 13.5. The highest BCUT2D eigenvalue weighted by atomic mass is 16.6. The van der Waals surface area contributed by atoms with E-state index in [2.05, 4.69) is 15.6 Å². The van der Waals surface area contributed by atoms with Crippen molar-refractivity contribution < 1.29 is 9.47 Å². The second kappa shape index (κ2) is 6.87. The molecular weight excluding hydrogens is 242 g/mol. The molecule has 0 unspecified atom stereocenters. The number of para-hydroxylation sites is 2. The SMILES string of the molecule is CCNC(=NC[C@H]1COc2ccccc2O1)NCC. The quantitative estimate of drug-likeness (QED) is 0.637. The summed E-state index contributed by atoms with van der Waals surface area (Å²) >= 11 is 0. The summed E-state index contributed by atoms with van der Waals surface area (Å²) in [6, 6.07) is 7.71. The number of nitrogens with one attached hydrogen (secondary N) is 2. The van der Waals surface area contributed by atoms with E-state index in [1.165, 1.54) is 0 Å². The summed E-state index contributed by atoms with van der Waals surface area (Å²) in [7, 11) is 0. The number of nitrogens with zero attached hydrogens (tertiary/aromatic N) is 1. The molecule has 1 aliphatic heterocycles. The molecule has 5 nitrogen and oxygen atoms in total. The van der Waals surface area contributed by atoms with Crippen molar-refractivity contribution in [3.8, 4) is 11.5 Å². The minimum absolute atomic E-state index is 0.0396. The minimum atomic E-state index is -0.0396. The average molecular weight is 263 g/mol. The van der Waals surface area contributed by atoms with Crippen LogP contribution in [0, 0.1) is 0 Å². The largest absolute Gasteiger partial charge is 0.486 e. The highest BCUT2D eigenvalue weighted by Crippen LogP contribution is 2.30. The van der Waals surface area contributed by atoms with E-state index in [-0.39, 0.29) is 6.10 Å². The molecule has 0 spiro atoms. The Balaban J connectivity index is 1.92. The molecule has 1 aliphatic rings. The fourth-order valence-electron chi connectivity index (χ4n) is 1.86. The standard InChI is InChI=1S/C14H21N3O2/c1-3-15-14(16-4-2)17-9-11-10-18-12-7-5-6-8-13(12)19-11/h5-8,11H,3-4,9-10H2,1-2H3,(H2,15,16,17)/t11-/m0/s1. The van der Waals surface area contributed by atoms with Crippen molar-refractivity contribution in [1.82, 2.24) is 10.6 Å². The summed E-state index contributed by atoms with van der Waals surface area (Å²) in [6.07, 6.45) is -0.0396. The maximum atomic E-state index is 5.85. The van der Waals surface area contributed by atoms with Crippen molar-refractivity contribution in [3.05, 3.63) is 24.3 Å². The van der Waals surface area contributed by atoms with Crippen LogP contribution in [0.2, 0.25) is 0 Å². The highest BCUT2D eigenvalue weighted by molar-refractivity contribution is 5.79. The van der Waals surface area contributed by atoms with Crippen LogP contribution in [0.3, 0.4) is 0 Å². The monoisotopic (exact) mass is 263 g/mol. The van der Waals surface area contributed by atoms with Gasteiger partial charge in [0.15, 0.2) is 23.6 Å². The number of hydrogen-bond acceptors (Lipinski definition) is 3. The molecule has 0 radical (unpaired) electrons. The van der Waals surface area contributed by atoms with E-state index in [0.717, 1.165) is 30.5 Å². The van der Waals surface area contributed by atoms with Gasteiger partial charge in [-0.1, -0.05) is 12.1 Å². The Kier molecular flexibility index (Phi) is 4.89. The second-order valence-electron chi connectivity index (χ2n) is 4.25. The average Bonchev–Trinajstić information content (AvgIpc) is 2.45. The molecule has 2 rings (SSSR count). The molecule has 0 aromatic heterocycles. The van der Waals surface area contributed by atoms with Crippen LogP contribution in [0.4, 0.5) is 0 Å². The zero-order valence-corrected chi connectivity index (χ0v) is 11.5. The number of rotatable bonds is 4. The first kappa shape index (κ1) is 13.5. The minimum Gasteiger partial charge on any atom is -0.486 e. The fraction of sp³-hybridized carbons (Fsp3) is 0.500. The van der Waals surface area contributed by atoms with E-state index in [1.807, 2.05) is 38.1 Å². The molecule has 19 heavy (non-hydrogen) atoms. The third-order valence-corrected chi connectivity index (χ3v) is 2.71. The van der Waals surface area contributed by atoms with Crippen LogP contribution in [0.1, 0.15) is 13.8 Å². The van der Waals surface area contributed by atoms with Crippen LogP contribution < -0.4 is 20.1 Å². The number of benzene rings is 1. The summed E-state index contributed by atoms with van der Waals surface area (Å²) < 4.78 is 11.5. The number of fused-ring (bicyclic) bond motifs is 1. The molecule has 0 amide bonds. The van der Waals surface area contributed by atoms with Gasteiger partial charge in [-0.05, 0) is 26.0 Å². The Morgan fingerprint density at radius 1 is 1.21 bits per heavy atom. The fourth-order valence-corrected chi connectivity index (χ4v) is 1.86. The molecule has 1 atom stereocenters. The smallest absolute Gasteiger partial charge is 0.191 e. The molecule has 1 heterocycles. The molecule has 2 N–H and O–H groups in total. The third-order valence-electron chi connectivity index (χ3n) is 2.71. The normalized spacial score (nSPS) is 16.6. The lowest BCUT2D eigenvalue weighted by atomic mass is 10.2. The van der Waals surface area contributed by atoms with E-state index in [0.29, 0.717) is 13.2 Å². The number of guanidine groups is 1. The molecule has 0 fully saturated rings. The van der Waals surface area contributed by atoms with Crippen molar-refractivity contribution >= 4 is 5.96 Å². The number of aliphatic imine (C=N–C) groups is 1. The first-order valence-electron chi connectivity index (χ1n) is 6.74. The molecule has 1 aromatic rings. The Morgan fingerprint density at radius 2 is 1.89 bits per heavy atom. The highest BCUT2D eigenvalue weighted by Gasteiger charge is 2.20. The van der Waals surface area contributed by atoms with E-state index >= 15 is 0 Å². The van der Waals surface area contributed by atoms with Crippen molar-refractivity contribution in [2.45, 2.75) is 20.0 Å². The van der Waals surface area contributed by atoms with E-state index in [1.54, 1.807) is 0 Å². The Labute approximate surface area is 114 Å². The van der Waals surface area contributed by atoms with Gasteiger partial charge >= 0.3 is 0 Å². The molecule has 1 aromatic carbocycles. The maximum absolute atomic E-state index is 5.85. The predicted octanol–water partition coefficient (Wildman–Crippen LogP) is 1.40. The summed E-state index contributed by atoms with van der Waals surface area (Å²) in [5.74, 6) is 2.41. The maximum Gasteiger partial charge on any atom is 0.191 e. The third kappa shape index (κ3) is 3.77. The lowest BCUT2D eigenvalue weighted by Gasteiger charge is -2.25. The molecule has 5 heteroatoms. The van der Waals surface area contributed by atoms with E-state index in [9.17, 15) is 0 Å². The van der Waals surface area contributed by atoms with Crippen molar-refractivity contribution in [1.29, 1.82) is 0 Å². The molecule has 0 saturated carbocycles. The molecule has 0 bridgehead atoms. The molecule has 0 aliphatic carbocycles. The van der Waals surface area contributed by atoms with Gasteiger partial charge in [0.2, 0.25) is 0 Å². The lowest BCUT2D eigenvalue weighted by molar-refractivity contribution is 0.0971. The number of ether oxygens (including phenoxy) is 2. The van der Waals surface area contributed by atoms with Crippen LogP contribution in [-0.2, 0) is 0 Å². The van der Waals surface area contributed by atoms with Gasteiger partial charge in [-0.15, -0.1) is 0 Å². The van der Waals surface area contributed by atoms with Gasteiger partial charge in [0.1, 0.15) is 6.61 Å². The van der Waals surface area contributed by atoms with Crippen molar-refractivity contribution in [2.75, 3.05) is 26.2 Å². The van der Waals surface area contributed by atoms with Gasteiger partial charge < -0.3 is 20.1 Å². The van der Waals surface area contributed by atoms with Gasteiger partial charge in [0, 0.05) is 13.1 Å². The Morgan fingerprint density at radius 3 is 2.58 bits per heavy atom. The van der Waals surface area contributed by atoms with Gasteiger partial charge in [0.05, 0.1) is 6.54 Å². The van der Waals surface area contributed by atoms with E-state index < -0.39 is 0 Å². The summed E-state index contributed by atoms with van der Waals surface area (Å²) in [5, 5.41) is 6.37. The lowest BCUT2D eigenvalue weighted by Crippen LogP contribution is -2.39. The first-order valence-corrected chi connectivity index (χ1v) is 6.74. The Hall–Kier alpha value is -1.91. The summed E-state index contributed by atoms with van der Waals surface area (Å²) in [5.41, 5.74) is 0. The van der Waals surface area contributed by atoms with Gasteiger partial charge in [-0.2, -0.15) is 0 Å². The Bertz CT molecular complexity index is 426. The van der Waals surface area contributed by atoms with Crippen LogP contribution in [0.25, 0.3) is 0 Å². The van der Waals surface area contributed by atoms with Crippen LogP contribution in [0.15, 0.2) is 29.3 Å². The summed E-state index contributed by atoms with van der Waals surface area (Å²) in [6.45, 7) is 6.88.